The Balaban J connectivity index is 2.52. The van der Waals surface area contributed by atoms with Crippen LogP contribution in [-0.4, -0.2) is 11.5 Å². The Hall–Kier alpha value is -1.56. The molecule has 19 heavy (non-hydrogen) atoms. The molecule has 0 amide bonds. The van der Waals surface area contributed by atoms with E-state index in [0.717, 1.165) is 12.1 Å². The average molecular weight is 272 g/mol. The summed E-state index contributed by atoms with van der Waals surface area (Å²) in [6, 6.07) is 3.28. The first kappa shape index (κ1) is 13.9. The second-order valence-electron chi connectivity index (χ2n) is 4.82. The highest BCUT2D eigenvalue weighted by atomic mass is 19.4. The minimum Gasteiger partial charge on any atom is -0.440 e. The summed E-state index contributed by atoms with van der Waals surface area (Å²) in [4.78, 5) is 4.15. The predicted octanol–water partition coefficient (Wildman–Crippen LogP) is 3.47. The lowest BCUT2D eigenvalue weighted by molar-refractivity contribution is -0.137. The quantitative estimate of drug-likeness (QED) is 0.930. The number of nitrogens with zero attached hydrogens (tertiary/aromatic N) is 1. The molecule has 1 atom stereocenters. The minimum atomic E-state index is -4.38. The lowest BCUT2D eigenvalue weighted by Crippen LogP contribution is -2.31. The summed E-state index contributed by atoms with van der Waals surface area (Å²) in [7, 11) is 0. The highest BCUT2D eigenvalue weighted by Gasteiger charge is 2.32. The van der Waals surface area contributed by atoms with E-state index in [1.807, 2.05) is 13.8 Å². The van der Waals surface area contributed by atoms with Crippen LogP contribution >= 0.6 is 0 Å². The molecule has 0 saturated heterocycles. The van der Waals surface area contributed by atoms with Crippen molar-refractivity contribution < 1.29 is 17.6 Å². The molecule has 0 aliphatic rings. The summed E-state index contributed by atoms with van der Waals surface area (Å²) in [5.74, 6) is 0.381. The van der Waals surface area contributed by atoms with Gasteiger partial charge in [0.05, 0.1) is 11.0 Å². The van der Waals surface area contributed by atoms with Crippen molar-refractivity contribution >= 4 is 11.1 Å². The van der Waals surface area contributed by atoms with Crippen molar-refractivity contribution in [3.8, 4) is 0 Å². The van der Waals surface area contributed by atoms with Crippen LogP contribution in [0.1, 0.15) is 31.7 Å². The first-order valence-corrected chi connectivity index (χ1v) is 5.98. The van der Waals surface area contributed by atoms with E-state index in [1.165, 1.54) is 6.07 Å². The zero-order valence-corrected chi connectivity index (χ0v) is 10.7. The Labute approximate surface area is 108 Å². The molecule has 1 heterocycles. The molecule has 0 radical (unpaired) electrons. The predicted molar refractivity (Wildman–Crippen MR) is 65.7 cm³/mol. The number of fused-ring (bicyclic) bond motifs is 1. The Bertz CT molecular complexity index is 585. The van der Waals surface area contributed by atoms with Crippen molar-refractivity contribution in [2.45, 2.75) is 31.9 Å². The first-order chi connectivity index (χ1) is 8.80. The Morgan fingerprint density at radius 3 is 2.53 bits per heavy atom. The number of hydrogen-bond acceptors (Lipinski definition) is 3. The van der Waals surface area contributed by atoms with Gasteiger partial charge in [0.15, 0.2) is 5.58 Å². The van der Waals surface area contributed by atoms with Crippen molar-refractivity contribution in [3.05, 3.63) is 29.7 Å². The number of alkyl halides is 3. The monoisotopic (exact) mass is 272 g/mol. The van der Waals surface area contributed by atoms with Crippen LogP contribution in [0.5, 0.6) is 0 Å². The summed E-state index contributed by atoms with van der Waals surface area (Å²) in [6.45, 7) is 4.13. The SMILES string of the molecule is CCC(C)(CN)c1nc2cc(C(F)(F)F)ccc2o1. The van der Waals surface area contributed by atoms with Crippen LogP contribution in [0, 0.1) is 0 Å². The lowest BCUT2D eigenvalue weighted by atomic mass is 9.88. The van der Waals surface area contributed by atoms with Crippen LogP contribution in [-0.2, 0) is 11.6 Å². The van der Waals surface area contributed by atoms with E-state index in [1.54, 1.807) is 0 Å². The van der Waals surface area contributed by atoms with Gasteiger partial charge < -0.3 is 10.2 Å². The molecule has 2 N–H and O–H groups in total. The Kier molecular flexibility index (Phi) is 3.30. The number of oxazole rings is 1. The molecule has 104 valence electrons. The van der Waals surface area contributed by atoms with Crippen LogP contribution in [0.4, 0.5) is 13.2 Å². The van der Waals surface area contributed by atoms with Crippen molar-refractivity contribution in [2.24, 2.45) is 5.73 Å². The second-order valence-corrected chi connectivity index (χ2v) is 4.82. The fourth-order valence-electron chi connectivity index (χ4n) is 1.74. The van der Waals surface area contributed by atoms with Gasteiger partial charge in [-0.15, -0.1) is 0 Å². The maximum Gasteiger partial charge on any atom is 0.416 e. The maximum atomic E-state index is 12.6. The van der Waals surface area contributed by atoms with E-state index in [4.69, 9.17) is 10.2 Å². The van der Waals surface area contributed by atoms with Gasteiger partial charge in [0.2, 0.25) is 5.89 Å². The van der Waals surface area contributed by atoms with Crippen LogP contribution in [0.25, 0.3) is 11.1 Å². The topological polar surface area (TPSA) is 52.0 Å². The molecule has 1 aromatic heterocycles. The fourth-order valence-corrected chi connectivity index (χ4v) is 1.74. The van der Waals surface area contributed by atoms with Crippen LogP contribution in [0.3, 0.4) is 0 Å². The van der Waals surface area contributed by atoms with Gasteiger partial charge >= 0.3 is 6.18 Å². The maximum absolute atomic E-state index is 12.6. The third kappa shape index (κ3) is 2.45. The van der Waals surface area contributed by atoms with E-state index in [-0.39, 0.29) is 5.52 Å². The van der Waals surface area contributed by atoms with Gasteiger partial charge in [0, 0.05) is 6.54 Å². The highest BCUT2D eigenvalue weighted by molar-refractivity contribution is 5.73. The van der Waals surface area contributed by atoms with E-state index in [9.17, 15) is 13.2 Å². The second kappa shape index (κ2) is 4.52. The van der Waals surface area contributed by atoms with Crippen molar-refractivity contribution in [3.63, 3.8) is 0 Å². The molecule has 0 fully saturated rings. The largest absolute Gasteiger partial charge is 0.440 e. The lowest BCUT2D eigenvalue weighted by Gasteiger charge is -2.21. The van der Waals surface area contributed by atoms with Gasteiger partial charge in [0.1, 0.15) is 5.52 Å². The molecule has 1 unspecified atom stereocenters. The molecule has 0 aliphatic carbocycles. The number of rotatable bonds is 3. The van der Waals surface area contributed by atoms with Crippen LogP contribution in [0.2, 0.25) is 0 Å². The summed E-state index contributed by atoms with van der Waals surface area (Å²) in [5, 5.41) is 0. The molecule has 2 rings (SSSR count). The van der Waals surface area contributed by atoms with E-state index < -0.39 is 17.2 Å². The third-order valence-electron chi connectivity index (χ3n) is 3.46. The molecule has 0 spiro atoms. The molecule has 0 bridgehead atoms. The minimum absolute atomic E-state index is 0.206. The third-order valence-corrected chi connectivity index (χ3v) is 3.46. The van der Waals surface area contributed by atoms with Crippen LogP contribution < -0.4 is 5.73 Å². The number of halogens is 3. The van der Waals surface area contributed by atoms with E-state index >= 15 is 0 Å². The molecule has 1 aromatic carbocycles. The van der Waals surface area contributed by atoms with E-state index in [0.29, 0.717) is 24.4 Å². The van der Waals surface area contributed by atoms with Gasteiger partial charge in [-0.3, -0.25) is 0 Å². The van der Waals surface area contributed by atoms with Crippen molar-refractivity contribution in [1.29, 1.82) is 0 Å². The van der Waals surface area contributed by atoms with E-state index in [2.05, 4.69) is 4.98 Å². The van der Waals surface area contributed by atoms with Gasteiger partial charge in [-0.25, -0.2) is 4.98 Å². The average Bonchev–Trinajstić information content (AvgIpc) is 2.80. The molecular weight excluding hydrogens is 257 g/mol. The van der Waals surface area contributed by atoms with Gasteiger partial charge in [-0.05, 0) is 31.5 Å². The zero-order chi connectivity index (χ0) is 14.3. The Morgan fingerprint density at radius 2 is 2.00 bits per heavy atom. The summed E-state index contributed by atoms with van der Waals surface area (Å²) in [6.07, 6.45) is -3.68. The smallest absolute Gasteiger partial charge is 0.416 e. The molecule has 0 aliphatic heterocycles. The van der Waals surface area contributed by atoms with Crippen molar-refractivity contribution in [2.75, 3.05) is 6.54 Å². The number of nitrogens with two attached hydrogens (primary N) is 1. The van der Waals surface area contributed by atoms with Gasteiger partial charge in [0.25, 0.3) is 0 Å². The van der Waals surface area contributed by atoms with Crippen LogP contribution in [0.15, 0.2) is 22.6 Å². The fraction of sp³-hybridized carbons (Fsp3) is 0.462. The molecule has 2 aromatic rings. The molecule has 6 heteroatoms. The standard InChI is InChI=1S/C13H15F3N2O/c1-3-12(2,7-17)11-18-9-6-8(13(14,15)16)4-5-10(9)19-11/h4-6H,3,7,17H2,1-2H3. The zero-order valence-electron chi connectivity index (χ0n) is 10.7. The summed E-state index contributed by atoms with van der Waals surface area (Å²) < 4.78 is 43.4. The number of benzene rings is 1. The summed E-state index contributed by atoms with van der Waals surface area (Å²) >= 11 is 0. The molecular formula is C13H15F3N2O. The highest BCUT2D eigenvalue weighted by Crippen LogP contribution is 2.33. The van der Waals surface area contributed by atoms with Gasteiger partial charge in [-0.1, -0.05) is 6.92 Å². The number of hydrogen-bond donors (Lipinski definition) is 1. The molecule has 0 saturated carbocycles. The normalized spacial score (nSPS) is 15.7. The summed E-state index contributed by atoms with van der Waals surface area (Å²) in [5.41, 5.74) is 5.05. The molecule has 3 nitrogen and oxygen atoms in total. The number of aromatic nitrogens is 1. The van der Waals surface area contributed by atoms with Crippen molar-refractivity contribution in [1.82, 2.24) is 4.98 Å². The first-order valence-electron chi connectivity index (χ1n) is 5.98. The Morgan fingerprint density at radius 1 is 1.32 bits per heavy atom. The van der Waals surface area contributed by atoms with Gasteiger partial charge in [-0.2, -0.15) is 13.2 Å².